The third-order valence-corrected chi connectivity index (χ3v) is 3.66. The molecule has 0 spiro atoms. The van der Waals surface area contributed by atoms with E-state index in [1.807, 2.05) is 0 Å². The lowest BCUT2D eigenvalue weighted by atomic mass is 10.2. The Morgan fingerprint density at radius 3 is 2.88 bits per heavy atom. The van der Waals surface area contributed by atoms with Gasteiger partial charge >= 0.3 is 0 Å². The molecule has 0 N–H and O–H groups in total. The first-order chi connectivity index (χ1) is 8.15. The average Bonchev–Trinajstić information content (AvgIpc) is 2.66. The second-order valence-electron chi connectivity index (χ2n) is 5.25. The quantitative estimate of drug-likeness (QED) is 0.749. The number of aryl methyl sites for hydroxylation is 1. The molecule has 0 saturated heterocycles. The summed E-state index contributed by atoms with van der Waals surface area (Å²) in [5.74, 6) is 1.24. The Labute approximate surface area is 102 Å². The third-order valence-electron chi connectivity index (χ3n) is 3.66. The van der Waals surface area contributed by atoms with E-state index in [0.717, 1.165) is 25.2 Å². The number of imidazole rings is 1. The van der Waals surface area contributed by atoms with Crippen molar-refractivity contribution in [1.29, 1.82) is 0 Å². The first-order valence-corrected chi connectivity index (χ1v) is 6.35. The van der Waals surface area contributed by atoms with Gasteiger partial charge in [0, 0.05) is 19.0 Å². The summed E-state index contributed by atoms with van der Waals surface area (Å²) in [4.78, 5) is 7.22. The molecule has 0 aliphatic carbocycles. The van der Waals surface area contributed by atoms with Crippen molar-refractivity contribution in [3.63, 3.8) is 0 Å². The van der Waals surface area contributed by atoms with Crippen molar-refractivity contribution >= 4 is 11.0 Å². The fourth-order valence-electron chi connectivity index (χ4n) is 2.55. The maximum Gasteiger partial charge on any atom is 0.112 e. The van der Waals surface area contributed by atoms with E-state index >= 15 is 0 Å². The molecule has 0 bridgehead atoms. The number of fused-ring (bicyclic) bond motifs is 3. The highest BCUT2D eigenvalue weighted by Gasteiger charge is 2.21. The van der Waals surface area contributed by atoms with Crippen molar-refractivity contribution in [3.05, 3.63) is 29.6 Å². The zero-order valence-corrected chi connectivity index (χ0v) is 10.8. The molecule has 1 aliphatic heterocycles. The number of hydrogen-bond acceptors (Lipinski definition) is 2. The second-order valence-corrected chi connectivity index (χ2v) is 5.25. The Morgan fingerprint density at radius 1 is 1.29 bits per heavy atom. The van der Waals surface area contributed by atoms with Crippen LogP contribution in [0.3, 0.4) is 0 Å². The lowest BCUT2D eigenvalue weighted by Crippen LogP contribution is -2.39. The Hall–Kier alpha value is -1.35. The van der Waals surface area contributed by atoms with Crippen LogP contribution in [0.15, 0.2) is 18.2 Å². The zero-order chi connectivity index (χ0) is 12.0. The molecule has 3 heteroatoms. The van der Waals surface area contributed by atoms with Gasteiger partial charge in [-0.15, -0.1) is 0 Å². The summed E-state index contributed by atoms with van der Waals surface area (Å²) in [7, 11) is 0. The van der Waals surface area contributed by atoms with Gasteiger partial charge in [-0.2, -0.15) is 0 Å². The molecular formula is C14H19N3. The summed E-state index contributed by atoms with van der Waals surface area (Å²) >= 11 is 0. The summed E-state index contributed by atoms with van der Waals surface area (Å²) in [6, 6.07) is 7.12. The SMILES string of the molecule is Cc1ccc2nc3n(c2c1)CN(C(C)C)CC3. The van der Waals surface area contributed by atoms with Crippen molar-refractivity contribution in [2.75, 3.05) is 6.54 Å². The molecule has 17 heavy (non-hydrogen) atoms. The van der Waals surface area contributed by atoms with E-state index in [-0.39, 0.29) is 0 Å². The van der Waals surface area contributed by atoms with Crippen LogP contribution in [0.25, 0.3) is 11.0 Å². The van der Waals surface area contributed by atoms with Gasteiger partial charge in [-0.25, -0.2) is 4.98 Å². The molecule has 0 atom stereocenters. The Bertz CT molecular complexity index is 554. The highest BCUT2D eigenvalue weighted by molar-refractivity contribution is 5.77. The van der Waals surface area contributed by atoms with E-state index in [1.165, 1.54) is 16.9 Å². The average molecular weight is 229 g/mol. The third kappa shape index (κ3) is 1.75. The van der Waals surface area contributed by atoms with Gasteiger partial charge in [0.2, 0.25) is 0 Å². The smallest absolute Gasteiger partial charge is 0.112 e. The van der Waals surface area contributed by atoms with Crippen LogP contribution in [0, 0.1) is 6.92 Å². The number of rotatable bonds is 1. The van der Waals surface area contributed by atoms with E-state index < -0.39 is 0 Å². The molecule has 1 aromatic carbocycles. The van der Waals surface area contributed by atoms with Crippen LogP contribution in [-0.2, 0) is 13.1 Å². The molecule has 0 saturated carbocycles. The van der Waals surface area contributed by atoms with Crippen LogP contribution in [0.5, 0.6) is 0 Å². The van der Waals surface area contributed by atoms with E-state index in [2.05, 4.69) is 48.4 Å². The number of hydrogen-bond donors (Lipinski definition) is 0. The van der Waals surface area contributed by atoms with Crippen LogP contribution in [0.2, 0.25) is 0 Å². The first kappa shape index (κ1) is 10.8. The molecular weight excluding hydrogens is 210 g/mol. The van der Waals surface area contributed by atoms with Crippen LogP contribution in [0.4, 0.5) is 0 Å². The van der Waals surface area contributed by atoms with Gasteiger partial charge in [0.25, 0.3) is 0 Å². The van der Waals surface area contributed by atoms with Crippen LogP contribution < -0.4 is 0 Å². The van der Waals surface area contributed by atoms with Crippen molar-refractivity contribution in [2.24, 2.45) is 0 Å². The van der Waals surface area contributed by atoms with Crippen molar-refractivity contribution in [3.8, 4) is 0 Å². The monoisotopic (exact) mass is 229 g/mol. The second kappa shape index (κ2) is 3.84. The van der Waals surface area contributed by atoms with E-state index in [4.69, 9.17) is 4.98 Å². The number of benzene rings is 1. The van der Waals surface area contributed by atoms with E-state index in [1.54, 1.807) is 0 Å². The molecule has 3 nitrogen and oxygen atoms in total. The molecule has 0 unspecified atom stereocenters. The summed E-state index contributed by atoms with van der Waals surface area (Å²) in [5, 5.41) is 0. The van der Waals surface area contributed by atoms with Gasteiger partial charge in [0.05, 0.1) is 17.7 Å². The largest absolute Gasteiger partial charge is 0.314 e. The predicted molar refractivity (Wildman–Crippen MR) is 70.0 cm³/mol. The predicted octanol–water partition coefficient (Wildman–Crippen LogP) is 2.57. The maximum atomic E-state index is 4.72. The minimum Gasteiger partial charge on any atom is -0.314 e. The van der Waals surface area contributed by atoms with Gasteiger partial charge in [0.1, 0.15) is 5.82 Å². The summed E-state index contributed by atoms with van der Waals surface area (Å²) in [6.45, 7) is 8.76. The summed E-state index contributed by atoms with van der Waals surface area (Å²) in [5.41, 5.74) is 3.73. The molecule has 0 amide bonds. The lowest BCUT2D eigenvalue weighted by molar-refractivity contribution is 0.154. The minimum atomic E-state index is 0.602. The number of nitrogens with zero attached hydrogens (tertiary/aromatic N) is 3. The fourth-order valence-corrected chi connectivity index (χ4v) is 2.55. The molecule has 0 fully saturated rings. The molecule has 1 aromatic heterocycles. The summed E-state index contributed by atoms with van der Waals surface area (Å²) < 4.78 is 2.37. The number of aromatic nitrogens is 2. The highest BCUT2D eigenvalue weighted by atomic mass is 15.3. The Balaban J connectivity index is 2.10. The normalized spacial score (nSPS) is 16.7. The van der Waals surface area contributed by atoms with Gasteiger partial charge in [-0.3, -0.25) is 4.90 Å². The van der Waals surface area contributed by atoms with Crippen molar-refractivity contribution in [2.45, 2.75) is 39.9 Å². The van der Waals surface area contributed by atoms with Crippen molar-refractivity contribution < 1.29 is 0 Å². The van der Waals surface area contributed by atoms with Gasteiger partial charge in [-0.05, 0) is 38.5 Å². The van der Waals surface area contributed by atoms with Gasteiger partial charge in [0.15, 0.2) is 0 Å². The molecule has 2 heterocycles. The highest BCUT2D eigenvalue weighted by Crippen LogP contribution is 2.22. The molecule has 3 rings (SSSR count). The lowest BCUT2D eigenvalue weighted by Gasteiger charge is -2.31. The first-order valence-electron chi connectivity index (χ1n) is 6.35. The molecule has 90 valence electrons. The Kier molecular flexibility index (Phi) is 2.44. The van der Waals surface area contributed by atoms with Crippen LogP contribution in [0.1, 0.15) is 25.2 Å². The fraction of sp³-hybridized carbons (Fsp3) is 0.500. The van der Waals surface area contributed by atoms with Gasteiger partial charge < -0.3 is 4.57 Å². The van der Waals surface area contributed by atoms with Crippen LogP contribution in [-0.4, -0.2) is 27.0 Å². The standard InChI is InChI=1S/C14H19N3/c1-10(2)16-7-6-14-15-12-5-4-11(3)8-13(12)17(14)9-16/h4-5,8,10H,6-7,9H2,1-3H3. The van der Waals surface area contributed by atoms with Gasteiger partial charge in [-0.1, -0.05) is 6.07 Å². The summed E-state index contributed by atoms with van der Waals surface area (Å²) in [6.07, 6.45) is 1.06. The van der Waals surface area contributed by atoms with Crippen LogP contribution >= 0.6 is 0 Å². The van der Waals surface area contributed by atoms with E-state index in [0.29, 0.717) is 6.04 Å². The topological polar surface area (TPSA) is 21.1 Å². The molecule has 0 radical (unpaired) electrons. The van der Waals surface area contributed by atoms with E-state index in [9.17, 15) is 0 Å². The van der Waals surface area contributed by atoms with Crippen molar-refractivity contribution in [1.82, 2.24) is 14.5 Å². The minimum absolute atomic E-state index is 0.602. The maximum absolute atomic E-state index is 4.72. The zero-order valence-electron chi connectivity index (χ0n) is 10.8. The molecule has 2 aromatic rings. The molecule has 1 aliphatic rings. The Morgan fingerprint density at radius 2 is 2.12 bits per heavy atom.